The van der Waals surface area contributed by atoms with Gasteiger partial charge in [-0.3, -0.25) is 4.90 Å². The lowest BCUT2D eigenvalue weighted by Gasteiger charge is -2.18. The van der Waals surface area contributed by atoms with Crippen LogP contribution in [0.2, 0.25) is 0 Å². The monoisotopic (exact) mass is 191 g/mol. The first-order valence-corrected chi connectivity index (χ1v) is 4.44. The highest BCUT2D eigenvalue weighted by Crippen LogP contribution is 2.59. The zero-order valence-corrected chi connectivity index (χ0v) is 7.22. The van der Waals surface area contributed by atoms with Gasteiger partial charge in [-0.15, -0.1) is 6.58 Å². The molecule has 1 aliphatic carbocycles. The second-order valence-electron chi connectivity index (χ2n) is 3.90. The molecule has 0 spiro atoms. The fourth-order valence-electron chi connectivity index (χ4n) is 2.43. The van der Waals surface area contributed by atoms with E-state index in [1.54, 1.807) is 6.08 Å². The van der Waals surface area contributed by atoms with E-state index in [2.05, 4.69) is 6.58 Å². The minimum Gasteiger partial charge on any atom is -0.299 e. The Balaban J connectivity index is 1.87. The maximum atomic E-state index is 12.2. The van der Waals surface area contributed by atoms with E-state index in [9.17, 15) is 13.2 Å². The Morgan fingerprint density at radius 1 is 1.31 bits per heavy atom. The predicted octanol–water partition coefficient (Wildman–Crippen LogP) is 1.91. The van der Waals surface area contributed by atoms with Gasteiger partial charge in [-0.2, -0.15) is 13.2 Å². The largest absolute Gasteiger partial charge is 0.392 e. The maximum absolute atomic E-state index is 12.2. The standard InChI is InChI=1S/C9H12F3N/c1-2-3-13-4-6-7(5-13)8(6)9(10,11)12/h2,6-8H,1,3-5H2/t6-,7+,8?. The summed E-state index contributed by atoms with van der Waals surface area (Å²) >= 11 is 0. The van der Waals surface area contributed by atoms with Gasteiger partial charge in [0, 0.05) is 19.6 Å². The van der Waals surface area contributed by atoms with Crippen LogP contribution in [0.1, 0.15) is 0 Å². The summed E-state index contributed by atoms with van der Waals surface area (Å²) in [4.78, 5) is 2.03. The van der Waals surface area contributed by atoms with Gasteiger partial charge in [0.25, 0.3) is 0 Å². The van der Waals surface area contributed by atoms with E-state index in [4.69, 9.17) is 0 Å². The first-order valence-electron chi connectivity index (χ1n) is 4.44. The van der Waals surface area contributed by atoms with Gasteiger partial charge in [0.05, 0.1) is 5.92 Å². The Labute approximate surface area is 75.2 Å². The Kier molecular flexibility index (Phi) is 1.91. The van der Waals surface area contributed by atoms with Crippen molar-refractivity contribution >= 4 is 0 Å². The molecule has 0 amide bonds. The number of halogens is 3. The number of nitrogens with zero attached hydrogens (tertiary/aromatic N) is 1. The van der Waals surface area contributed by atoms with Gasteiger partial charge in [-0.1, -0.05) is 6.08 Å². The topological polar surface area (TPSA) is 3.24 Å². The molecule has 13 heavy (non-hydrogen) atoms. The van der Waals surface area contributed by atoms with Gasteiger partial charge in [-0.25, -0.2) is 0 Å². The second kappa shape index (κ2) is 2.74. The lowest BCUT2D eigenvalue weighted by Crippen LogP contribution is -2.28. The molecule has 0 aromatic heterocycles. The SMILES string of the molecule is C=CCN1C[C@@H]2C(C(F)(F)F)[C@@H]2C1. The molecule has 0 N–H and O–H groups in total. The predicted molar refractivity (Wildman–Crippen MR) is 43.2 cm³/mol. The summed E-state index contributed by atoms with van der Waals surface area (Å²) in [6, 6.07) is 0. The van der Waals surface area contributed by atoms with Crippen LogP contribution in [0.15, 0.2) is 12.7 Å². The summed E-state index contributed by atoms with van der Waals surface area (Å²) in [5.41, 5.74) is 0. The molecule has 0 radical (unpaired) electrons. The molecule has 1 saturated carbocycles. The van der Waals surface area contributed by atoms with Crippen LogP contribution in [0.4, 0.5) is 13.2 Å². The molecule has 0 aromatic rings. The second-order valence-corrected chi connectivity index (χ2v) is 3.90. The van der Waals surface area contributed by atoms with Crippen LogP contribution in [-0.2, 0) is 0 Å². The Bertz CT molecular complexity index is 211. The van der Waals surface area contributed by atoms with Crippen molar-refractivity contribution in [3.63, 3.8) is 0 Å². The van der Waals surface area contributed by atoms with Crippen molar-refractivity contribution in [2.75, 3.05) is 19.6 Å². The van der Waals surface area contributed by atoms with Crippen molar-refractivity contribution in [3.8, 4) is 0 Å². The van der Waals surface area contributed by atoms with E-state index in [0.29, 0.717) is 13.1 Å². The van der Waals surface area contributed by atoms with Gasteiger partial charge in [-0.05, 0) is 11.8 Å². The summed E-state index contributed by atoms with van der Waals surface area (Å²) in [5.74, 6) is -1.26. The summed E-state index contributed by atoms with van der Waals surface area (Å²) in [7, 11) is 0. The number of rotatable bonds is 2. The lowest BCUT2D eigenvalue weighted by atomic mass is 10.2. The van der Waals surface area contributed by atoms with Crippen molar-refractivity contribution in [1.29, 1.82) is 0 Å². The summed E-state index contributed by atoms with van der Waals surface area (Å²) in [6.07, 6.45) is -2.22. The number of likely N-dealkylation sites (tertiary alicyclic amines) is 1. The van der Waals surface area contributed by atoms with E-state index in [1.807, 2.05) is 4.90 Å². The van der Waals surface area contributed by atoms with Crippen molar-refractivity contribution in [3.05, 3.63) is 12.7 Å². The molecule has 1 saturated heterocycles. The van der Waals surface area contributed by atoms with E-state index in [-0.39, 0.29) is 11.8 Å². The first-order chi connectivity index (χ1) is 6.04. The van der Waals surface area contributed by atoms with Crippen molar-refractivity contribution in [2.45, 2.75) is 6.18 Å². The molecular formula is C9H12F3N. The Hall–Kier alpha value is -0.510. The average Bonchev–Trinajstić information content (AvgIpc) is 2.51. The summed E-state index contributed by atoms with van der Waals surface area (Å²) < 4.78 is 36.7. The number of hydrogen-bond donors (Lipinski definition) is 0. The average molecular weight is 191 g/mol. The molecule has 0 bridgehead atoms. The molecular weight excluding hydrogens is 179 g/mol. The third kappa shape index (κ3) is 1.47. The first kappa shape index (κ1) is 9.06. The zero-order chi connectivity index (χ0) is 9.64. The van der Waals surface area contributed by atoms with Gasteiger partial charge in [0.2, 0.25) is 0 Å². The Morgan fingerprint density at radius 3 is 2.23 bits per heavy atom. The molecule has 4 heteroatoms. The highest BCUT2D eigenvalue weighted by atomic mass is 19.4. The van der Waals surface area contributed by atoms with Crippen molar-refractivity contribution in [1.82, 2.24) is 4.90 Å². The van der Waals surface area contributed by atoms with Gasteiger partial charge >= 0.3 is 6.18 Å². The maximum Gasteiger partial charge on any atom is 0.392 e. The lowest BCUT2D eigenvalue weighted by molar-refractivity contribution is -0.156. The summed E-state index contributed by atoms with van der Waals surface area (Å²) in [5, 5.41) is 0. The molecule has 0 aromatic carbocycles. The molecule has 1 aliphatic heterocycles. The molecule has 2 fully saturated rings. The van der Waals surface area contributed by atoms with Crippen LogP contribution in [0.25, 0.3) is 0 Å². The van der Waals surface area contributed by atoms with Gasteiger partial charge in [0.1, 0.15) is 0 Å². The summed E-state index contributed by atoms with van der Waals surface area (Å²) in [6.45, 7) is 5.48. The van der Waals surface area contributed by atoms with E-state index in [1.165, 1.54) is 0 Å². The highest BCUT2D eigenvalue weighted by Gasteiger charge is 2.66. The van der Waals surface area contributed by atoms with Crippen LogP contribution >= 0.6 is 0 Å². The molecule has 74 valence electrons. The Morgan fingerprint density at radius 2 is 1.85 bits per heavy atom. The van der Waals surface area contributed by atoms with Crippen LogP contribution in [0.5, 0.6) is 0 Å². The quantitative estimate of drug-likeness (QED) is 0.603. The van der Waals surface area contributed by atoms with Gasteiger partial charge < -0.3 is 0 Å². The van der Waals surface area contributed by atoms with Crippen molar-refractivity contribution < 1.29 is 13.2 Å². The van der Waals surface area contributed by atoms with Crippen molar-refractivity contribution in [2.24, 2.45) is 17.8 Å². The fourth-order valence-corrected chi connectivity index (χ4v) is 2.43. The molecule has 3 atom stereocenters. The highest BCUT2D eigenvalue weighted by molar-refractivity contribution is 5.08. The number of hydrogen-bond acceptors (Lipinski definition) is 1. The van der Waals surface area contributed by atoms with Gasteiger partial charge in [0.15, 0.2) is 0 Å². The van der Waals surface area contributed by atoms with Crippen LogP contribution in [0.3, 0.4) is 0 Å². The minimum absolute atomic E-state index is 0.125. The number of piperidine rings is 1. The van der Waals surface area contributed by atoms with Crippen LogP contribution in [0, 0.1) is 17.8 Å². The third-order valence-electron chi connectivity index (χ3n) is 3.03. The van der Waals surface area contributed by atoms with E-state index in [0.717, 1.165) is 6.54 Å². The normalized spacial score (nSPS) is 38.8. The molecule has 1 unspecified atom stereocenters. The molecule has 2 rings (SSSR count). The van der Waals surface area contributed by atoms with Crippen LogP contribution in [-0.4, -0.2) is 30.7 Å². The molecule has 1 nitrogen and oxygen atoms in total. The minimum atomic E-state index is -3.96. The van der Waals surface area contributed by atoms with E-state index < -0.39 is 12.1 Å². The fraction of sp³-hybridized carbons (Fsp3) is 0.778. The number of alkyl halides is 3. The molecule has 1 heterocycles. The smallest absolute Gasteiger partial charge is 0.299 e. The third-order valence-corrected chi connectivity index (χ3v) is 3.03. The van der Waals surface area contributed by atoms with E-state index >= 15 is 0 Å². The zero-order valence-electron chi connectivity index (χ0n) is 7.22. The number of fused-ring (bicyclic) bond motifs is 1. The molecule has 2 aliphatic rings. The van der Waals surface area contributed by atoms with Crippen LogP contribution < -0.4 is 0 Å².